The van der Waals surface area contributed by atoms with Crippen LogP contribution in [0.15, 0.2) is 16.8 Å². The molecule has 0 aliphatic rings. The first-order chi connectivity index (χ1) is 4.16. The van der Waals surface area contributed by atoms with Crippen molar-refractivity contribution < 1.29 is 0 Å². The third-order valence-electron chi connectivity index (χ3n) is 0.839. The number of nitrogens with two attached hydrogens (primary N) is 1. The second kappa shape index (κ2) is 4.13. The van der Waals surface area contributed by atoms with Crippen LogP contribution in [0.5, 0.6) is 0 Å². The Morgan fingerprint density at radius 1 is 1.56 bits per heavy atom. The number of allylic oxidation sites excluding steroid dienone is 1. The molecule has 0 aromatic rings. The van der Waals surface area contributed by atoms with Crippen molar-refractivity contribution in [2.45, 2.75) is 26.8 Å². The molecule has 0 aliphatic carbocycles. The maximum Gasteiger partial charge on any atom is 0.0443 e. The minimum absolute atomic E-state index is 0.361. The van der Waals surface area contributed by atoms with Gasteiger partial charge in [-0.1, -0.05) is 0 Å². The Bertz CT molecular complexity index is 123. The van der Waals surface area contributed by atoms with E-state index in [1.54, 1.807) is 12.4 Å². The Labute approximate surface area is 56.5 Å². The highest BCUT2D eigenvalue weighted by Crippen LogP contribution is 1.87. The number of hydrogen-bond acceptors (Lipinski definition) is 2. The zero-order valence-electron chi connectivity index (χ0n) is 6.26. The van der Waals surface area contributed by atoms with Crippen molar-refractivity contribution in [2.75, 3.05) is 0 Å². The lowest BCUT2D eigenvalue weighted by Gasteiger charge is -1.92. The summed E-state index contributed by atoms with van der Waals surface area (Å²) < 4.78 is 0. The molecule has 2 heteroatoms. The van der Waals surface area contributed by atoms with Gasteiger partial charge in [0.25, 0.3) is 0 Å². The van der Waals surface area contributed by atoms with E-state index in [0.717, 1.165) is 5.57 Å². The monoisotopic (exact) mass is 126 g/mol. The lowest BCUT2D eigenvalue weighted by Crippen LogP contribution is -1.91. The van der Waals surface area contributed by atoms with Gasteiger partial charge in [-0.05, 0) is 32.5 Å². The van der Waals surface area contributed by atoms with E-state index >= 15 is 0 Å². The van der Waals surface area contributed by atoms with E-state index in [1.165, 1.54) is 0 Å². The van der Waals surface area contributed by atoms with Crippen molar-refractivity contribution in [2.24, 2.45) is 10.7 Å². The molecule has 0 atom stereocenters. The van der Waals surface area contributed by atoms with Crippen molar-refractivity contribution in [1.82, 2.24) is 0 Å². The SMILES string of the molecule is CC(C=NC(C)C)=CN. The normalized spacial score (nSPS) is 13.6. The zero-order valence-corrected chi connectivity index (χ0v) is 6.26. The molecule has 9 heavy (non-hydrogen) atoms. The van der Waals surface area contributed by atoms with Gasteiger partial charge in [-0.3, -0.25) is 4.99 Å². The van der Waals surface area contributed by atoms with Gasteiger partial charge >= 0.3 is 0 Å². The minimum atomic E-state index is 0.361. The molecule has 0 rings (SSSR count). The average molecular weight is 126 g/mol. The Kier molecular flexibility index (Phi) is 3.76. The van der Waals surface area contributed by atoms with Crippen LogP contribution in [-0.2, 0) is 0 Å². The highest BCUT2D eigenvalue weighted by Gasteiger charge is 1.83. The van der Waals surface area contributed by atoms with Crippen LogP contribution in [0.1, 0.15) is 20.8 Å². The van der Waals surface area contributed by atoms with Crippen molar-refractivity contribution in [3.05, 3.63) is 11.8 Å². The molecule has 2 N–H and O–H groups in total. The molecule has 0 aromatic carbocycles. The van der Waals surface area contributed by atoms with Gasteiger partial charge in [0.1, 0.15) is 0 Å². The van der Waals surface area contributed by atoms with Crippen LogP contribution in [0, 0.1) is 0 Å². The van der Waals surface area contributed by atoms with E-state index in [1.807, 2.05) is 20.8 Å². The highest BCUT2D eigenvalue weighted by molar-refractivity contribution is 5.77. The van der Waals surface area contributed by atoms with Crippen molar-refractivity contribution in [1.29, 1.82) is 0 Å². The van der Waals surface area contributed by atoms with Gasteiger partial charge in [0.05, 0.1) is 0 Å². The molecular formula is C7H14N2. The van der Waals surface area contributed by atoms with Gasteiger partial charge in [0.15, 0.2) is 0 Å². The molecule has 52 valence electrons. The Morgan fingerprint density at radius 2 is 2.11 bits per heavy atom. The summed E-state index contributed by atoms with van der Waals surface area (Å²) in [6, 6.07) is 0.361. The summed E-state index contributed by atoms with van der Waals surface area (Å²) in [6.07, 6.45) is 3.33. The van der Waals surface area contributed by atoms with E-state index in [-0.39, 0.29) is 0 Å². The van der Waals surface area contributed by atoms with E-state index < -0.39 is 0 Å². The Balaban J connectivity index is 3.71. The van der Waals surface area contributed by atoms with E-state index in [9.17, 15) is 0 Å². The van der Waals surface area contributed by atoms with E-state index in [4.69, 9.17) is 5.73 Å². The first kappa shape index (κ1) is 8.21. The molecule has 0 bridgehead atoms. The molecule has 0 aromatic heterocycles. The van der Waals surface area contributed by atoms with Crippen molar-refractivity contribution in [3.63, 3.8) is 0 Å². The summed E-state index contributed by atoms with van der Waals surface area (Å²) in [5.41, 5.74) is 6.21. The number of hydrogen-bond donors (Lipinski definition) is 1. The van der Waals surface area contributed by atoms with E-state index in [0.29, 0.717) is 6.04 Å². The number of rotatable bonds is 2. The fraction of sp³-hybridized carbons (Fsp3) is 0.571. The average Bonchev–Trinajstić information content (AvgIpc) is 1.83. The fourth-order valence-electron chi connectivity index (χ4n) is 0.310. The summed E-state index contributed by atoms with van der Waals surface area (Å²) in [5, 5.41) is 0. The molecule has 0 heterocycles. The molecule has 0 radical (unpaired) electrons. The van der Waals surface area contributed by atoms with Crippen LogP contribution >= 0.6 is 0 Å². The first-order valence-electron chi connectivity index (χ1n) is 3.08. The minimum Gasteiger partial charge on any atom is -0.404 e. The Morgan fingerprint density at radius 3 is 2.44 bits per heavy atom. The second-order valence-corrected chi connectivity index (χ2v) is 2.28. The maximum atomic E-state index is 5.20. The van der Waals surface area contributed by atoms with Gasteiger partial charge in [-0.2, -0.15) is 0 Å². The third-order valence-corrected chi connectivity index (χ3v) is 0.839. The summed E-state index contributed by atoms with van der Waals surface area (Å²) in [5.74, 6) is 0. The van der Waals surface area contributed by atoms with Crippen LogP contribution in [0.25, 0.3) is 0 Å². The lowest BCUT2D eigenvalue weighted by atomic mass is 10.3. The summed E-state index contributed by atoms with van der Waals surface area (Å²) >= 11 is 0. The molecule has 0 aliphatic heterocycles. The molecule has 0 unspecified atom stereocenters. The Hall–Kier alpha value is -0.790. The maximum absolute atomic E-state index is 5.20. The number of nitrogens with zero attached hydrogens (tertiary/aromatic N) is 1. The quantitative estimate of drug-likeness (QED) is 0.557. The highest BCUT2D eigenvalue weighted by atomic mass is 14.7. The molecular weight excluding hydrogens is 112 g/mol. The number of aliphatic imine (C=N–C) groups is 1. The fourth-order valence-corrected chi connectivity index (χ4v) is 0.310. The van der Waals surface area contributed by atoms with Gasteiger partial charge in [0, 0.05) is 12.3 Å². The van der Waals surface area contributed by atoms with Crippen LogP contribution in [-0.4, -0.2) is 12.3 Å². The van der Waals surface area contributed by atoms with Gasteiger partial charge in [-0.25, -0.2) is 0 Å². The molecule has 0 amide bonds. The second-order valence-electron chi connectivity index (χ2n) is 2.28. The summed E-state index contributed by atoms with van der Waals surface area (Å²) in [6.45, 7) is 5.98. The van der Waals surface area contributed by atoms with Crippen LogP contribution < -0.4 is 5.73 Å². The van der Waals surface area contributed by atoms with Crippen molar-refractivity contribution in [3.8, 4) is 0 Å². The lowest BCUT2D eigenvalue weighted by molar-refractivity contribution is 0.840. The van der Waals surface area contributed by atoms with Crippen LogP contribution in [0.4, 0.5) is 0 Å². The summed E-state index contributed by atoms with van der Waals surface area (Å²) in [7, 11) is 0. The largest absolute Gasteiger partial charge is 0.404 e. The van der Waals surface area contributed by atoms with Gasteiger partial charge in [-0.15, -0.1) is 0 Å². The molecule has 0 saturated heterocycles. The predicted octanol–water partition coefficient (Wildman–Crippen LogP) is 1.33. The molecule has 0 saturated carbocycles. The van der Waals surface area contributed by atoms with Crippen LogP contribution in [0.3, 0.4) is 0 Å². The van der Waals surface area contributed by atoms with Crippen molar-refractivity contribution >= 4 is 6.21 Å². The van der Waals surface area contributed by atoms with Crippen LogP contribution in [0.2, 0.25) is 0 Å². The smallest absolute Gasteiger partial charge is 0.0443 e. The molecule has 2 nitrogen and oxygen atoms in total. The molecule has 0 fully saturated rings. The predicted molar refractivity (Wildman–Crippen MR) is 41.6 cm³/mol. The zero-order chi connectivity index (χ0) is 7.28. The third kappa shape index (κ3) is 5.07. The first-order valence-corrected chi connectivity index (χ1v) is 3.08. The van der Waals surface area contributed by atoms with Gasteiger partial charge < -0.3 is 5.73 Å². The van der Waals surface area contributed by atoms with E-state index in [2.05, 4.69) is 4.99 Å². The molecule has 0 spiro atoms. The summed E-state index contributed by atoms with van der Waals surface area (Å²) in [4.78, 5) is 4.12. The topological polar surface area (TPSA) is 38.4 Å². The standard InChI is InChI=1S/C7H14N2/c1-6(2)9-5-7(3)4-8/h4-6H,8H2,1-3H3. The van der Waals surface area contributed by atoms with Gasteiger partial charge in [0.2, 0.25) is 0 Å².